The predicted molar refractivity (Wildman–Crippen MR) is 119 cm³/mol. The van der Waals surface area contributed by atoms with Crippen LogP contribution in [-0.4, -0.2) is 79.9 Å². The van der Waals surface area contributed by atoms with Crippen molar-refractivity contribution >= 4 is 11.8 Å². The molecule has 2 amide bonds. The van der Waals surface area contributed by atoms with E-state index in [1.165, 1.54) is 50.1 Å². The van der Waals surface area contributed by atoms with Gasteiger partial charge in [0.15, 0.2) is 11.6 Å². The first-order valence-corrected chi connectivity index (χ1v) is 11.5. The van der Waals surface area contributed by atoms with Gasteiger partial charge in [0.1, 0.15) is 6.54 Å². The first-order chi connectivity index (χ1) is 14.9. The van der Waals surface area contributed by atoms with Gasteiger partial charge in [-0.15, -0.1) is 0 Å². The first-order valence-electron chi connectivity index (χ1n) is 11.5. The van der Waals surface area contributed by atoms with E-state index in [2.05, 4.69) is 11.9 Å². The Morgan fingerprint density at radius 2 is 1.71 bits per heavy atom. The molecule has 2 aliphatic heterocycles. The molecule has 2 heterocycles. The summed E-state index contributed by atoms with van der Waals surface area (Å²) in [6.07, 6.45) is 5.34. The Morgan fingerprint density at radius 3 is 2.26 bits per heavy atom. The van der Waals surface area contributed by atoms with Crippen molar-refractivity contribution in [2.24, 2.45) is 11.8 Å². The molecule has 0 bridgehead atoms. The molecule has 2 saturated heterocycles. The zero-order valence-corrected chi connectivity index (χ0v) is 19.1. The van der Waals surface area contributed by atoms with Crippen molar-refractivity contribution in [1.29, 1.82) is 0 Å². The number of benzene rings is 1. The highest BCUT2D eigenvalue weighted by Gasteiger charge is 2.31. The minimum Gasteiger partial charge on any atom is -0.494 e. The van der Waals surface area contributed by atoms with Gasteiger partial charge in [0.05, 0.1) is 7.11 Å². The van der Waals surface area contributed by atoms with E-state index in [1.54, 1.807) is 6.07 Å². The van der Waals surface area contributed by atoms with Crippen LogP contribution >= 0.6 is 0 Å². The maximum atomic E-state index is 14.1. The summed E-state index contributed by atoms with van der Waals surface area (Å²) in [6.45, 7) is 6.34. The summed E-state index contributed by atoms with van der Waals surface area (Å²) < 4.78 is 19.0. The van der Waals surface area contributed by atoms with E-state index in [1.807, 2.05) is 11.8 Å². The number of piperidine rings is 2. The summed E-state index contributed by atoms with van der Waals surface area (Å²) in [7, 11) is 3.57. The van der Waals surface area contributed by atoms with Gasteiger partial charge in [0.2, 0.25) is 5.91 Å². The zero-order chi connectivity index (χ0) is 22.4. The molecule has 6 nitrogen and oxygen atoms in total. The van der Waals surface area contributed by atoms with Crippen LogP contribution in [0.5, 0.6) is 5.75 Å². The quantitative estimate of drug-likeness (QED) is 0.662. The fourth-order valence-corrected chi connectivity index (χ4v) is 4.89. The molecular weight excluding hydrogens is 397 g/mol. The number of ether oxygens (including phenoxy) is 1. The molecule has 0 radical (unpaired) electrons. The summed E-state index contributed by atoms with van der Waals surface area (Å²) in [4.78, 5) is 31.7. The Bertz CT molecular complexity index is 756. The highest BCUT2D eigenvalue weighted by molar-refractivity contribution is 5.96. The van der Waals surface area contributed by atoms with E-state index in [-0.39, 0.29) is 29.7 Å². The van der Waals surface area contributed by atoms with Gasteiger partial charge in [0, 0.05) is 25.2 Å². The van der Waals surface area contributed by atoms with Gasteiger partial charge in [-0.25, -0.2) is 4.39 Å². The molecule has 2 aliphatic rings. The molecular formula is C24H36FN3O3. The third-order valence-electron chi connectivity index (χ3n) is 6.83. The third kappa shape index (κ3) is 5.97. The number of hydrogen-bond acceptors (Lipinski definition) is 4. The minimum atomic E-state index is -0.577. The molecule has 1 aromatic carbocycles. The molecule has 31 heavy (non-hydrogen) atoms. The Morgan fingerprint density at radius 1 is 1.10 bits per heavy atom. The van der Waals surface area contributed by atoms with Gasteiger partial charge >= 0.3 is 0 Å². The van der Waals surface area contributed by atoms with Gasteiger partial charge < -0.3 is 19.4 Å². The summed E-state index contributed by atoms with van der Waals surface area (Å²) in [5, 5.41) is 0. The number of carbonyl (C=O) groups excluding carboxylic acids is 2. The number of halogens is 1. The smallest absolute Gasteiger partial charge is 0.254 e. The van der Waals surface area contributed by atoms with E-state index in [0.29, 0.717) is 12.5 Å². The van der Waals surface area contributed by atoms with Crippen LogP contribution in [0.1, 0.15) is 49.4 Å². The normalized spacial score (nSPS) is 18.8. The van der Waals surface area contributed by atoms with Gasteiger partial charge in [-0.1, -0.05) is 6.92 Å². The minimum absolute atomic E-state index is 0.0161. The SMILES string of the molecule is CCCN(CC(=O)N1CCC(C2CCN(C)CC2)CC1)C(=O)c1ccc(OC)c(F)c1. The van der Waals surface area contributed by atoms with Gasteiger partial charge in [-0.2, -0.15) is 0 Å². The average Bonchev–Trinajstić information content (AvgIpc) is 2.79. The van der Waals surface area contributed by atoms with Gasteiger partial charge in [-0.05, 0) is 82.3 Å². The van der Waals surface area contributed by atoms with Crippen LogP contribution in [0.15, 0.2) is 18.2 Å². The van der Waals surface area contributed by atoms with E-state index >= 15 is 0 Å². The zero-order valence-electron chi connectivity index (χ0n) is 19.1. The lowest BCUT2D eigenvalue weighted by molar-refractivity contribution is -0.133. The molecule has 1 aromatic rings. The molecule has 0 unspecified atom stereocenters. The van der Waals surface area contributed by atoms with Crippen molar-refractivity contribution in [3.63, 3.8) is 0 Å². The number of rotatable bonds is 7. The second kappa shape index (κ2) is 10.9. The van der Waals surface area contributed by atoms with Crippen molar-refractivity contribution in [3.8, 4) is 5.75 Å². The Kier molecular flexibility index (Phi) is 8.29. The van der Waals surface area contributed by atoms with Crippen LogP contribution in [-0.2, 0) is 4.79 Å². The predicted octanol–water partition coefficient (Wildman–Crippen LogP) is 3.27. The summed E-state index contributed by atoms with van der Waals surface area (Å²) >= 11 is 0. The number of nitrogens with zero attached hydrogens (tertiary/aromatic N) is 3. The van der Waals surface area contributed by atoms with Crippen molar-refractivity contribution < 1.29 is 18.7 Å². The lowest BCUT2D eigenvalue weighted by Crippen LogP contribution is -2.47. The van der Waals surface area contributed by atoms with E-state index in [4.69, 9.17) is 4.74 Å². The molecule has 0 spiro atoms. The molecule has 3 rings (SSSR count). The molecule has 7 heteroatoms. The fourth-order valence-electron chi connectivity index (χ4n) is 4.89. The Hall–Kier alpha value is -2.15. The lowest BCUT2D eigenvalue weighted by Gasteiger charge is -2.39. The molecule has 0 atom stereocenters. The highest BCUT2D eigenvalue weighted by atomic mass is 19.1. The first kappa shape index (κ1) is 23.5. The number of carbonyl (C=O) groups is 2. The molecule has 172 valence electrons. The summed E-state index contributed by atoms with van der Waals surface area (Å²) in [6, 6.07) is 4.17. The third-order valence-corrected chi connectivity index (χ3v) is 6.83. The largest absolute Gasteiger partial charge is 0.494 e. The molecule has 2 fully saturated rings. The Balaban J connectivity index is 1.56. The van der Waals surface area contributed by atoms with Crippen LogP contribution in [0.25, 0.3) is 0 Å². The van der Waals surface area contributed by atoms with Crippen molar-refractivity contribution in [3.05, 3.63) is 29.6 Å². The van der Waals surface area contributed by atoms with Crippen LogP contribution in [0.4, 0.5) is 4.39 Å². The maximum Gasteiger partial charge on any atom is 0.254 e. The maximum absolute atomic E-state index is 14.1. The standard InChI is InChI=1S/C24H36FN3O3/c1-4-11-28(24(30)20-5-6-22(31-3)21(25)16-20)17-23(29)27-14-9-19(10-15-27)18-7-12-26(2)13-8-18/h5-6,16,18-19H,4,7-15,17H2,1-3H3. The average molecular weight is 434 g/mol. The number of methoxy groups -OCH3 is 1. The van der Waals surface area contributed by atoms with E-state index in [9.17, 15) is 14.0 Å². The fraction of sp³-hybridized carbons (Fsp3) is 0.667. The Labute approximate surface area is 185 Å². The lowest BCUT2D eigenvalue weighted by atomic mass is 9.79. The summed E-state index contributed by atoms with van der Waals surface area (Å²) in [5.41, 5.74) is 0.237. The van der Waals surface area contributed by atoms with Crippen LogP contribution in [0, 0.1) is 17.7 Å². The highest BCUT2D eigenvalue weighted by Crippen LogP contribution is 2.32. The summed E-state index contributed by atoms with van der Waals surface area (Å²) in [5.74, 6) is 0.662. The van der Waals surface area contributed by atoms with Crippen LogP contribution in [0.3, 0.4) is 0 Å². The van der Waals surface area contributed by atoms with Crippen molar-refractivity contribution in [1.82, 2.24) is 14.7 Å². The molecule has 0 N–H and O–H groups in total. The number of hydrogen-bond donors (Lipinski definition) is 0. The van der Waals surface area contributed by atoms with Crippen molar-refractivity contribution in [2.75, 3.05) is 53.4 Å². The van der Waals surface area contributed by atoms with Crippen LogP contribution in [0.2, 0.25) is 0 Å². The number of amides is 2. The molecule has 0 aromatic heterocycles. The topological polar surface area (TPSA) is 53.1 Å². The second-order valence-electron chi connectivity index (χ2n) is 8.93. The molecule has 0 aliphatic carbocycles. The van der Waals surface area contributed by atoms with Gasteiger partial charge in [0.25, 0.3) is 5.91 Å². The number of likely N-dealkylation sites (tertiary alicyclic amines) is 2. The van der Waals surface area contributed by atoms with E-state index in [0.717, 1.165) is 38.3 Å². The van der Waals surface area contributed by atoms with Crippen molar-refractivity contribution in [2.45, 2.75) is 39.0 Å². The van der Waals surface area contributed by atoms with Crippen LogP contribution < -0.4 is 4.74 Å². The molecule has 0 saturated carbocycles. The van der Waals surface area contributed by atoms with E-state index < -0.39 is 5.82 Å². The van der Waals surface area contributed by atoms with Gasteiger partial charge in [-0.3, -0.25) is 9.59 Å². The monoisotopic (exact) mass is 433 g/mol. The second-order valence-corrected chi connectivity index (χ2v) is 8.93.